The third-order valence-electron chi connectivity index (χ3n) is 2.26. The van der Waals surface area contributed by atoms with Gasteiger partial charge in [-0.25, -0.2) is 4.98 Å². The lowest BCUT2D eigenvalue weighted by Crippen LogP contribution is -2.26. The Labute approximate surface area is 95.6 Å². The molecule has 1 atom stereocenters. The summed E-state index contributed by atoms with van der Waals surface area (Å²) in [5, 5.41) is 15.4. The number of hydrogen-bond donors (Lipinski definition) is 2. The van der Waals surface area contributed by atoms with E-state index in [0.717, 1.165) is 18.7 Å². The molecule has 2 N–H and O–H groups in total. The first-order valence-electron chi connectivity index (χ1n) is 5.42. The number of aromatic nitrogens is 1. The van der Waals surface area contributed by atoms with Crippen molar-refractivity contribution in [2.75, 3.05) is 6.61 Å². The van der Waals surface area contributed by atoms with Gasteiger partial charge in [0.25, 0.3) is 0 Å². The Bertz CT molecular complexity index is 286. The number of aliphatic hydroxyl groups excluding tert-OH is 1. The van der Waals surface area contributed by atoms with Crippen LogP contribution in [0.1, 0.15) is 43.8 Å². The minimum Gasteiger partial charge on any atom is -0.396 e. The highest BCUT2D eigenvalue weighted by Gasteiger charge is 2.06. The highest BCUT2D eigenvalue weighted by molar-refractivity contribution is 7.09. The van der Waals surface area contributed by atoms with Gasteiger partial charge in [0.15, 0.2) is 0 Å². The summed E-state index contributed by atoms with van der Waals surface area (Å²) in [5.41, 5.74) is 1.11. The van der Waals surface area contributed by atoms with Gasteiger partial charge in [0.2, 0.25) is 0 Å². The van der Waals surface area contributed by atoms with Crippen LogP contribution >= 0.6 is 11.3 Å². The molecule has 15 heavy (non-hydrogen) atoms. The van der Waals surface area contributed by atoms with E-state index in [-0.39, 0.29) is 6.61 Å². The normalized spacial score (nSPS) is 13.4. The second-order valence-electron chi connectivity index (χ2n) is 4.13. The molecule has 0 spiro atoms. The molecule has 86 valence electrons. The first-order chi connectivity index (χ1) is 7.13. The van der Waals surface area contributed by atoms with E-state index in [2.05, 4.69) is 36.5 Å². The largest absolute Gasteiger partial charge is 0.396 e. The van der Waals surface area contributed by atoms with Crippen LogP contribution in [-0.4, -0.2) is 22.7 Å². The second-order valence-corrected chi connectivity index (χ2v) is 5.02. The van der Waals surface area contributed by atoms with Gasteiger partial charge in [-0.3, -0.25) is 0 Å². The Balaban J connectivity index is 2.37. The maximum absolute atomic E-state index is 8.76. The molecule has 0 radical (unpaired) electrons. The van der Waals surface area contributed by atoms with Crippen molar-refractivity contribution in [1.29, 1.82) is 0 Å². The van der Waals surface area contributed by atoms with E-state index in [4.69, 9.17) is 5.11 Å². The SMILES string of the molecule is CC(CCO)NCc1csc(C(C)C)n1. The molecule has 1 aromatic heterocycles. The molecular weight excluding hydrogens is 208 g/mol. The fourth-order valence-electron chi connectivity index (χ4n) is 1.24. The number of nitrogens with zero attached hydrogens (tertiary/aromatic N) is 1. The van der Waals surface area contributed by atoms with Crippen molar-refractivity contribution < 1.29 is 5.11 Å². The molecule has 1 heterocycles. The number of aliphatic hydroxyl groups is 1. The zero-order valence-corrected chi connectivity index (χ0v) is 10.5. The highest BCUT2D eigenvalue weighted by atomic mass is 32.1. The first-order valence-corrected chi connectivity index (χ1v) is 6.30. The van der Waals surface area contributed by atoms with E-state index in [1.165, 1.54) is 5.01 Å². The minimum atomic E-state index is 0.239. The summed E-state index contributed by atoms with van der Waals surface area (Å²) in [5.74, 6) is 0.513. The highest BCUT2D eigenvalue weighted by Crippen LogP contribution is 2.18. The number of thiazole rings is 1. The quantitative estimate of drug-likeness (QED) is 0.784. The zero-order chi connectivity index (χ0) is 11.3. The molecule has 0 saturated carbocycles. The van der Waals surface area contributed by atoms with Gasteiger partial charge >= 0.3 is 0 Å². The Morgan fingerprint density at radius 2 is 2.20 bits per heavy atom. The van der Waals surface area contributed by atoms with Gasteiger partial charge in [-0.15, -0.1) is 11.3 Å². The summed E-state index contributed by atoms with van der Waals surface area (Å²) in [7, 11) is 0. The molecule has 0 aliphatic heterocycles. The number of hydrogen-bond acceptors (Lipinski definition) is 4. The molecule has 0 amide bonds. The van der Waals surface area contributed by atoms with E-state index >= 15 is 0 Å². The molecule has 0 saturated heterocycles. The lowest BCUT2D eigenvalue weighted by atomic mass is 10.2. The van der Waals surface area contributed by atoms with Gasteiger partial charge in [-0.05, 0) is 13.3 Å². The molecule has 4 heteroatoms. The van der Waals surface area contributed by atoms with Crippen LogP contribution in [0.15, 0.2) is 5.38 Å². The van der Waals surface area contributed by atoms with Crippen LogP contribution in [-0.2, 0) is 6.54 Å². The summed E-state index contributed by atoms with van der Waals surface area (Å²) in [6.45, 7) is 7.42. The Hall–Kier alpha value is -0.450. The average molecular weight is 228 g/mol. The van der Waals surface area contributed by atoms with Gasteiger partial charge in [0, 0.05) is 30.5 Å². The van der Waals surface area contributed by atoms with Crippen LogP contribution in [0.2, 0.25) is 0 Å². The predicted octanol–water partition coefficient (Wildman–Crippen LogP) is 2.13. The van der Waals surface area contributed by atoms with Crippen molar-refractivity contribution >= 4 is 11.3 Å². The summed E-state index contributed by atoms with van der Waals surface area (Å²) in [4.78, 5) is 4.54. The lowest BCUT2D eigenvalue weighted by molar-refractivity contribution is 0.268. The van der Waals surface area contributed by atoms with Crippen molar-refractivity contribution in [3.05, 3.63) is 16.1 Å². The molecule has 0 aromatic carbocycles. The fraction of sp³-hybridized carbons (Fsp3) is 0.727. The summed E-state index contributed by atoms with van der Waals surface area (Å²) in [6, 6.07) is 0.346. The standard InChI is InChI=1S/C11H20N2OS/c1-8(2)11-13-10(7-15-11)6-12-9(3)4-5-14/h7-9,12,14H,4-6H2,1-3H3. The van der Waals surface area contributed by atoms with Gasteiger partial charge < -0.3 is 10.4 Å². The molecule has 1 unspecified atom stereocenters. The van der Waals surface area contributed by atoms with Gasteiger partial charge in [0.1, 0.15) is 0 Å². The molecule has 1 aromatic rings. The van der Waals surface area contributed by atoms with Crippen LogP contribution < -0.4 is 5.32 Å². The van der Waals surface area contributed by atoms with Crippen molar-refractivity contribution in [2.45, 2.75) is 45.7 Å². The van der Waals surface area contributed by atoms with E-state index in [1.54, 1.807) is 11.3 Å². The molecule has 3 nitrogen and oxygen atoms in total. The van der Waals surface area contributed by atoms with Crippen molar-refractivity contribution in [3.63, 3.8) is 0 Å². The molecule has 1 rings (SSSR count). The lowest BCUT2D eigenvalue weighted by Gasteiger charge is -2.10. The Morgan fingerprint density at radius 3 is 2.73 bits per heavy atom. The average Bonchev–Trinajstić information content (AvgIpc) is 2.63. The van der Waals surface area contributed by atoms with Gasteiger partial charge in [-0.1, -0.05) is 13.8 Å². The van der Waals surface area contributed by atoms with Crippen LogP contribution in [0.25, 0.3) is 0 Å². The summed E-state index contributed by atoms with van der Waals surface area (Å²) < 4.78 is 0. The van der Waals surface area contributed by atoms with Crippen molar-refractivity contribution in [3.8, 4) is 0 Å². The molecule has 0 bridgehead atoms. The topological polar surface area (TPSA) is 45.1 Å². The van der Waals surface area contributed by atoms with Crippen LogP contribution in [0.4, 0.5) is 0 Å². The van der Waals surface area contributed by atoms with E-state index in [1.807, 2.05) is 0 Å². The van der Waals surface area contributed by atoms with Crippen molar-refractivity contribution in [2.24, 2.45) is 0 Å². The monoisotopic (exact) mass is 228 g/mol. The molecular formula is C11H20N2OS. The second kappa shape index (κ2) is 6.20. The van der Waals surface area contributed by atoms with Crippen molar-refractivity contribution in [1.82, 2.24) is 10.3 Å². The molecule has 0 fully saturated rings. The molecule has 0 aliphatic carbocycles. The summed E-state index contributed by atoms with van der Waals surface area (Å²) >= 11 is 1.72. The van der Waals surface area contributed by atoms with E-state index < -0.39 is 0 Å². The first kappa shape index (κ1) is 12.6. The third-order valence-corrected chi connectivity index (χ3v) is 3.45. The zero-order valence-electron chi connectivity index (χ0n) is 9.66. The number of rotatable bonds is 6. The van der Waals surface area contributed by atoms with Crippen LogP contribution in [0, 0.1) is 0 Å². The van der Waals surface area contributed by atoms with Gasteiger partial charge in [0.05, 0.1) is 10.7 Å². The minimum absolute atomic E-state index is 0.239. The van der Waals surface area contributed by atoms with E-state index in [9.17, 15) is 0 Å². The Morgan fingerprint density at radius 1 is 1.47 bits per heavy atom. The summed E-state index contributed by atoms with van der Waals surface area (Å²) in [6.07, 6.45) is 0.793. The smallest absolute Gasteiger partial charge is 0.0954 e. The maximum Gasteiger partial charge on any atom is 0.0954 e. The Kier molecular flexibility index (Phi) is 5.22. The third kappa shape index (κ3) is 4.28. The maximum atomic E-state index is 8.76. The predicted molar refractivity (Wildman–Crippen MR) is 64.2 cm³/mol. The van der Waals surface area contributed by atoms with Crippen LogP contribution in [0.3, 0.4) is 0 Å². The number of nitrogens with one attached hydrogen (secondary N) is 1. The van der Waals surface area contributed by atoms with Crippen LogP contribution in [0.5, 0.6) is 0 Å². The molecule has 0 aliphatic rings. The van der Waals surface area contributed by atoms with Gasteiger partial charge in [-0.2, -0.15) is 0 Å². The fourth-order valence-corrected chi connectivity index (χ4v) is 2.08. The van der Waals surface area contributed by atoms with E-state index in [0.29, 0.717) is 12.0 Å².